The van der Waals surface area contributed by atoms with Crippen LogP contribution >= 0.6 is 0 Å². The van der Waals surface area contributed by atoms with Crippen LogP contribution in [-0.4, -0.2) is 61.7 Å². The number of aliphatic hydroxyl groups is 6. The highest BCUT2D eigenvalue weighted by Gasteiger charge is 2.33. The molecular formula is C15H24O6. The van der Waals surface area contributed by atoms with Crippen molar-refractivity contribution in [1.82, 2.24) is 0 Å². The van der Waals surface area contributed by atoms with Crippen LogP contribution in [0.3, 0.4) is 0 Å². The van der Waals surface area contributed by atoms with Crippen LogP contribution in [0, 0.1) is 5.41 Å². The van der Waals surface area contributed by atoms with E-state index >= 15 is 0 Å². The van der Waals surface area contributed by atoms with Gasteiger partial charge in [0.05, 0.1) is 6.61 Å². The Morgan fingerprint density at radius 1 is 1.29 bits per heavy atom. The van der Waals surface area contributed by atoms with Gasteiger partial charge in [0, 0.05) is 5.41 Å². The molecule has 0 aromatic heterocycles. The molecule has 0 bridgehead atoms. The van der Waals surface area contributed by atoms with Crippen LogP contribution in [0.4, 0.5) is 0 Å². The number of aliphatic hydroxyl groups excluding tert-OH is 6. The van der Waals surface area contributed by atoms with E-state index in [-0.39, 0.29) is 0 Å². The number of rotatable bonds is 6. The summed E-state index contributed by atoms with van der Waals surface area (Å²) in [5, 5.41) is 57.0. The van der Waals surface area contributed by atoms with Crippen LogP contribution in [0.1, 0.15) is 20.3 Å². The molecule has 6 N–H and O–H groups in total. The fraction of sp³-hybridized carbons (Fsp3) is 0.600. The average molecular weight is 300 g/mol. The summed E-state index contributed by atoms with van der Waals surface area (Å²) in [6.07, 6.45) is 0.775. The van der Waals surface area contributed by atoms with Crippen LogP contribution in [0.2, 0.25) is 0 Å². The van der Waals surface area contributed by atoms with Crippen LogP contribution in [0.25, 0.3) is 0 Å². The van der Waals surface area contributed by atoms with E-state index in [1.54, 1.807) is 0 Å². The molecule has 0 aliphatic heterocycles. The average Bonchev–Trinajstić information content (AvgIpc) is 2.43. The molecular weight excluding hydrogens is 276 g/mol. The first kappa shape index (κ1) is 17.9. The SMILES string of the molecule is CC1=CC=CC(C)(C=C(O)[C@H](O)[C@@H](O)[C@H](O)[C@H](O)CO)C1. The van der Waals surface area contributed by atoms with Crippen molar-refractivity contribution < 1.29 is 30.6 Å². The fourth-order valence-corrected chi connectivity index (χ4v) is 2.37. The monoisotopic (exact) mass is 300 g/mol. The summed E-state index contributed by atoms with van der Waals surface area (Å²) in [7, 11) is 0. The minimum Gasteiger partial charge on any atom is -0.510 e. The summed E-state index contributed by atoms with van der Waals surface area (Å²) in [6, 6.07) is 0. The van der Waals surface area contributed by atoms with Crippen LogP contribution in [-0.2, 0) is 0 Å². The van der Waals surface area contributed by atoms with Gasteiger partial charge in [-0.25, -0.2) is 0 Å². The van der Waals surface area contributed by atoms with Crippen molar-refractivity contribution in [3.8, 4) is 0 Å². The zero-order chi connectivity index (χ0) is 16.2. The van der Waals surface area contributed by atoms with Gasteiger partial charge >= 0.3 is 0 Å². The van der Waals surface area contributed by atoms with Crippen LogP contribution in [0.5, 0.6) is 0 Å². The summed E-state index contributed by atoms with van der Waals surface area (Å²) in [6.45, 7) is 3.04. The number of hydrogen-bond donors (Lipinski definition) is 6. The smallest absolute Gasteiger partial charge is 0.139 e. The summed E-state index contributed by atoms with van der Waals surface area (Å²) in [5.41, 5.74) is 0.597. The van der Waals surface area contributed by atoms with Gasteiger partial charge in [-0.1, -0.05) is 30.7 Å². The standard InChI is InChI=1S/C15H24O6/c1-9-4-3-5-15(2,6-9)7-10(17)12(19)14(21)13(20)11(18)8-16/h3-5,7,11-14,16-21H,6,8H2,1-2H3/t11-,12+,13-,14-,15?/m1/s1. The molecule has 0 heterocycles. The normalized spacial score (nSPS) is 28.7. The molecule has 6 heteroatoms. The molecule has 0 amide bonds. The molecule has 6 nitrogen and oxygen atoms in total. The van der Waals surface area contributed by atoms with Crippen LogP contribution in [0.15, 0.2) is 35.6 Å². The molecule has 0 aromatic rings. The topological polar surface area (TPSA) is 121 Å². The Morgan fingerprint density at radius 2 is 1.90 bits per heavy atom. The van der Waals surface area contributed by atoms with Crippen molar-refractivity contribution in [3.63, 3.8) is 0 Å². The largest absolute Gasteiger partial charge is 0.510 e. The van der Waals surface area contributed by atoms with Crippen molar-refractivity contribution in [3.05, 3.63) is 35.6 Å². The van der Waals surface area contributed by atoms with Gasteiger partial charge in [-0.3, -0.25) is 0 Å². The molecule has 0 spiro atoms. The zero-order valence-corrected chi connectivity index (χ0v) is 12.2. The third-order valence-electron chi connectivity index (χ3n) is 3.55. The van der Waals surface area contributed by atoms with E-state index in [2.05, 4.69) is 0 Å². The van der Waals surface area contributed by atoms with Gasteiger partial charge in [-0.15, -0.1) is 0 Å². The lowest BCUT2D eigenvalue weighted by Gasteiger charge is -2.29. The zero-order valence-electron chi connectivity index (χ0n) is 12.2. The molecule has 21 heavy (non-hydrogen) atoms. The first-order chi connectivity index (χ1) is 9.70. The molecule has 120 valence electrons. The maximum atomic E-state index is 9.94. The molecule has 0 aromatic carbocycles. The Labute approximate surface area is 124 Å². The maximum absolute atomic E-state index is 9.94. The van der Waals surface area contributed by atoms with E-state index in [0.717, 1.165) is 5.57 Å². The van der Waals surface area contributed by atoms with E-state index in [1.807, 2.05) is 32.1 Å². The van der Waals surface area contributed by atoms with Crippen molar-refractivity contribution in [1.29, 1.82) is 0 Å². The van der Waals surface area contributed by atoms with Crippen molar-refractivity contribution in [2.45, 2.75) is 44.7 Å². The van der Waals surface area contributed by atoms with E-state index in [9.17, 15) is 25.5 Å². The molecule has 0 radical (unpaired) electrons. The molecule has 1 aliphatic rings. The Bertz CT molecular complexity index is 441. The highest BCUT2D eigenvalue weighted by molar-refractivity contribution is 5.27. The summed E-state index contributed by atoms with van der Waals surface area (Å²) in [4.78, 5) is 0. The summed E-state index contributed by atoms with van der Waals surface area (Å²) < 4.78 is 0. The second kappa shape index (κ2) is 7.20. The van der Waals surface area contributed by atoms with E-state index in [0.29, 0.717) is 6.42 Å². The Balaban J connectivity index is 2.82. The minimum atomic E-state index is -1.81. The quantitative estimate of drug-likeness (QED) is 0.377. The lowest BCUT2D eigenvalue weighted by molar-refractivity contribution is -0.113. The Kier molecular flexibility index (Phi) is 6.12. The number of hydrogen-bond acceptors (Lipinski definition) is 6. The third kappa shape index (κ3) is 4.66. The van der Waals surface area contributed by atoms with E-state index in [4.69, 9.17) is 5.11 Å². The lowest BCUT2D eigenvalue weighted by Crippen LogP contribution is -2.46. The second-order valence-electron chi connectivity index (χ2n) is 5.80. The van der Waals surface area contributed by atoms with Gasteiger partial charge in [0.25, 0.3) is 0 Å². The second-order valence-corrected chi connectivity index (χ2v) is 5.80. The highest BCUT2D eigenvalue weighted by Crippen LogP contribution is 2.33. The van der Waals surface area contributed by atoms with E-state index in [1.165, 1.54) is 6.08 Å². The molecule has 0 saturated heterocycles. The first-order valence-corrected chi connectivity index (χ1v) is 6.80. The van der Waals surface area contributed by atoms with Gasteiger partial charge in [0.15, 0.2) is 0 Å². The number of allylic oxidation sites excluding steroid dienone is 5. The van der Waals surface area contributed by atoms with Crippen molar-refractivity contribution >= 4 is 0 Å². The minimum absolute atomic E-state index is 0.492. The van der Waals surface area contributed by atoms with Gasteiger partial charge in [0.1, 0.15) is 30.2 Å². The Hall–Kier alpha value is -1.18. The molecule has 1 unspecified atom stereocenters. The molecule has 5 atom stereocenters. The fourth-order valence-electron chi connectivity index (χ4n) is 2.37. The third-order valence-corrected chi connectivity index (χ3v) is 3.55. The van der Waals surface area contributed by atoms with Gasteiger partial charge in [0.2, 0.25) is 0 Å². The highest BCUT2D eigenvalue weighted by atomic mass is 16.4. The predicted molar refractivity (Wildman–Crippen MR) is 77.4 cm³/mol. The molecule has 0 fully saturated rings. The van der Waals surface area contributed by atoms with Crippen LogP contribution < -0.4 is 0 Å². The van der Waals surface area contributed by atoms with Gasteiger partial charge < -0.3 is 30.6 Å². The van der Waals surface area contributed by atoms with Gasteiger partial charge in [-0.2, -0.15) is 0 Å². The molecule has 1 rings (SSSR count). The lowest BCUT2D eigenvalue weighted by atomic mass is 9.79. The molecule has 0 saturated carbocycles. The molecule has 1 aliphatic carbocycles. The maximum Gasteiger partial charge on any atom is 0.139 e. The van der Waals surface area contributed by atoms with Crippen molar-refractivity contribution in [2.24, 2.45) is 5.41 Å². The van der Waals surface area contributed by atoms with Crippen molar-refractivity contribution in [2.75, 3.05) is 6.61 Å². The summed E-state index contributed by atoms with van der Waals surface area (Å²) in [5.74, 6) is -0.492. The predicted octanol–water partition coefficient (Wildman–Crippen LogP) is -0.223. The Morgan fingerprint density at radius 3 is 2.43 bits per heavy atom. The summed E-state index contributed by atoms with van der Waals surface area (Å²) >= 11 is 0. The first-order valence-electron chi connectivity index (χ1n) is 6.80. The van der Waals surface area contributed by atoms with Gasteiger partial charge in [-0.05, 0) is 19.4 Å². The van der Waals surface area contributed by atoms with E-state index < -0.39 is 42.2 Å².